The van der Waals surface area contributed by atoms with Gasteiger partial charge in [-0.15, -0.1) is 0 Å². The number of hydrogen-bond acceptors (Lipinski definition) is 2. The van der Waals surface area contributed by atoms with Gasteiger partial charge in [0.15, 0.2) is 0 Å². The molecule has 1 heterocycles. The standard InChI is InChI=1S/C14H18F3N3O/c1-11-3-2-4-12(9-11)19-5-7-20(8-6-19)13(21)18-10-14(15,16)17/h2-4,9H,5-8,10H2,1H3,(H,18,21). The van der Waals surface area contributed by atoms with Gasteiger partial charge in [-0.1, -0.05) is 12.1 Å². The highest BCUT2D eigenvalue weighted by atomic mass is 19.4. The SMILES string of the molecule is Cc1cccc(N2CCN(C(=O)NCC(F)(F)F)CC2)c1. The summed E-state index contributed by atoms with van der Waals surface area (Å²) in [6.07, 6.45) is -4.38. The Morgan fingerprint density at radius 2 is 1.90 bits per heavy atom. The number of benzene rings is 1. The minimum absolute atomic E-state index is 0.414. The highest BCUT2D eigenvalue weighted by Crippen LogP contribution is 2.18. The Kier molecular flexibility index (Phi) is 4.59. The first-order valence-electron chi connectivity index (χ1n) is 6.76. The molecule has 0 spiro atoms. The maximum Gasteiger partial charge on any atom is 0.405 e. The molecule has 1 aliphatic rings. The molecule has 4 nitrogen and oxygen atoms in total. The summed E-state index contributed by atoms with van der Waals surface area (Å²) in [6.45, 7) is 2.77. The van der Waals surface area contributed by atoms with E-state index >= 15 is 0 Å². The van der Waals surface area contributed by atoms with Crippen LogP contribution in [0.25, 0.3) is 0 Å². The number of anilines is 1. The number of nitrogens with one attached hydrogen (secondary N) is 1. The average molecular weight is 301 g/mol. The fraction of sp³-hybridized carbons (Fsp3) is 0.500. The monoisotopic (exact) mass is 301 g/mol. The molecular formula is C14H18F3N3O. The number of alkyl halides is 3. The largest absolute Gasteiger partial charge is 0.405 e. The van der Waals surface area contributed by atoms with Crippen molar-refractivity contribution in [1.29, 1.82) is 0 Å². The van der Waals surface area contributed by atoms with Crippen LogP contribution in [0.2, 0.25) is 0 Å². The first-order valence-corrected chi connectivity index (χ1v) is 6.76. The molecule has 0 saturated carbocycles. The number of hydrogen-bond donors (Lipinski definition) is 1. The van der Waals surface area contributed by atoms with E-state index in [0.29, 0.717) is 26.2 Å². The van der Waals surface area contributed by atoms with Crippen molar-refractivity contribution in [2.45, 2.75) is 13.1 Å². The van der Waals surface area contributed by atoms with Crippen molar-refractivity contribution in [2.75, 3.05) is 37.6 Å². The number of carbonyl (C=O) groups is 1. The summed E-state index contributed by atoms with van der Waals surface area (Å²) in [5, 5.41) is 1.90. The van der Waals surface area contributed by atoms with Crippen molar-refractivity contribution in [2.24, 2.45) is 0 Å². The zero-order chi connectivity index (χ0) is 15.5. The maximum absolute atomic E-state index is 12.1. The highest BCUT2D eigenvalue weighted by molar-refractivity contribution is 5.74. The van der Waals surface area contributed by atoms with Gasteiger partial charge < -0.3 is 15.1 Å². The number of piperazine rings is 1. The molecule has 1 fully saturated rings. The van der Waals surface area contributed by atoms with Crippen LogP contribution in [-0.2, 0) is 0 Å². The second kappa shape index (κ2) is 6.24. The van der Waals surface area contributed by atoms with Crippen molar-refractivity contribution >= 4 is 11.7 Å². The van der Waals surface area contributed by atoms with Crippen LogP contribution < -0.4 is 10.2 Å². The van der Waals surface area contributed by atoms with Crippen molar-refractivity contribution in [3.63, 3.8) is 0 Å². The van der Waals surface area contributed by atoms with Crippen molar-refractivity contribution in [1.82, 2.24) is 10.2 Å². The lowest BCUT2D eigenvalue weighted by Gasteiger charge is -2.36. The van der Waals surface area contributed by atoms with Crippen LogP contribution in [-0.4, -0.2) is 49.8 Å². The van der Waals surface area contributed by atoms with E-state index in [-0.39, 0.29) is 0 Å². The minimum atomic E-state index is -4.38. The molecule has 1 N–H and O–H groups in total. The zero-order valence-electron chi connectivity index (χ0n) is 11.8. The lowest BCUT2D eigenvalue weighted by Crippen LogP contribution is -2.53. The molecule has 0 aliphatic carbocycles. The molecule has 2 amide bonds. The minimum Gasteiger partial charge on any atom is -0.368 e. The molecule has 116 valence electrons. The molecule has 0 aromatic heterocycles. The third-order valence-electron chi connectivity index (χ3n) is 3.37. The number of rotatable bonds is 2. The normalized spacial score (nSPS) is 16.0. The van der Waals surface area contributed by atoms with Gasteiger partial charge in [0, 0.05) is 31.9 Å². The second-order valence-corrected chi connectivity index (χ2v) is 5.09. The van der Waals surface area contributed by atoms with Crippen LogP contribution in [0.15, 0.2) is 24.3 Å². The van der Waals surface area contributed by atoms with Crippen LogP contribution in [0.5, 0.6) is 0 Å². The molecule has 0 radical (unpaired) electrons. The van der Waals surface area contributed by atoms with E-state index in [2.05, 4.69) is 11.0 Å². The average Bonchev–Trinajstić information content (AvgIpc) is 2.44. The van der Waals surface area contributed by atoms with Gasteiger partial charge in [-0.2, -0.15) is 13.2 Å². The predicted molar refractivity (Wildman–Crippen MR) is 74.4 cm³/mol. The first kappa shape index (κ1) is 15.5. The second-order valence-electron chi connectivity index (χ2n) is 5.09. The lowest BCUT2D eigenvalue weighted by atomic mass is 10.2. The van der Waals surface area contributed by atoms with E-state index in [4.69, 9.17) is 0 Å². The van der Waals surface area contributed by atoms with Crippen LogP contribution >= 0.6 is 0 Å². The van der Waals surface area contributed by atoms with E-state index in [9.17, 15) is 18.0 Å². The summed E-state index contributed by atoms with van der Waals surface area (Å²) >= 11 is 0. The van der Waals surface area contributed by atoms with Gasteiger partial charge in [0.1, 0.15) is 6.54 Å². The van der Waals surface area contributed by atoms with Crippen molar-refractivity contribution in [3.8, 4) is 0 Å². The summed E-state index contributed by atoms with van der Waals surface area (Å²) in [7, 11) is 0. The lowest BCUT2D eigenvalue weighted by molar-refractivity contribution is -0.123. The van der Waals surface area contributed by atoms with E-state index in [0.717, 1.165) is 11.3 Å². The zero-order valence-corrected chi connectivity index (χ0v) is 11.8. The van der Waals surface area contributed by atoms with Gasteiger partial charge in [0.25, 0.3) is 0 Å². The number of halogens is 3. The van der Waals surface area contributed by atoms with Crippen LogP contribution in [0, 0.1) is 6.92 Å². The molecule has 21 heavy (non-hydrogen) atoms. The fourth-order valence-electron chi connectivity index (χ4n) is 2.28. The number of urea groups is 1. The molecule has 1 aromatic carbocycles. The van der Waals surface area contributed by atoms with Gasteiger partial charge in [0.2, 0.25) is 0 Å². The number of nitrogens with zero attached hydrogens (tertiary/aromatic N) is 2. The van der Waals surface area contributed by atoms with Gasteiger partial charge in [-0.05, 0) is 24.6 Å². The highest BCUT2D eigenvalue weighted by Gasteiger charge is 2.29. The molecule has 2 rings (SSSR count). The van der Waals surface area contributed by atoms with Crippen LogP contribution in [0.4, 0.5) is 23.7 Å². The van der Waals surface area contributed by atoms with Crippen molar-refractivity contribution < 1.29 is 18.0 Å². The predicted octanol–water partition coefficient (Wildman–Crippen LogP) is 2.39. The Bertz CT molecular complexity index is 496. The Morgan fingerprint density at radius 1 is 1.24 bits per heavy atom. The van der Waals surface area contributed by atoms with Crippen LogP contribution in [0.1, 0.15) is 5.56 Å². The van der Waals surface area contributed by atoms with E-state index in [1.807, 2.05) is 30.4 Å². The van der Waals surface area contributed by atoms with E-state index < -0.39 is 18.8 Å². The Balaban J connectivity index is 1.84. The summed E-state index contributed by atoms with van der Waals surface area (Å²) < 4.78 is 36.2. The third kappa shape index (κ3) is 4.54. The summed E-state index contributed by atoms with van der Waals surface area (Å²) in [4.78, 5) is 15.2. The smallest absolute Gasteiger partial charge is 0.368 e. The van der Waals surface area contributed by atoms with E-state index in [1.54, 1.807) is 0 Å². The quantitative estimate of drug-likeness (QED) is 0.910. The molecule has 7 heteroatoms. The summed E-state index contributed by atoms with van der Waals surface area (Å²) in [6, 6.07) is 7.36. The van der Waals surface area contributed by atoms with Gasteiger partial charge in [-0.3, -0.25) is 0 Å². The topological polar surface area (TPSA) is 35.6 Å². The molecule has 0 unspecified atom stereocenters. The molecule has 1 saturated heterocycles. The van der Waals surface area contributed by atoms with Crippen LogP contribution in [0.3, 0.4) is 0 Å². The van der Waals surface area contributed by atoms with Gasteiger partial charge >= 0.3 is 12.2 Å². The Hall–Kier alpha value is -1.92. The Labute approximate surface area is 121 Å². The molecule has 1 aromatic rings. The molecule has 0 bridgehead atoms. The molecule has 1 aliphatic heterocycles. The fourth-order valence-corrected chi connectivity index (χ4v) is 2.28. The van der Waals surface area contributed by atoms with Crippen molar-refractivity contribution in [3.05, 3.63) is 29.8 Å². The molecule has 0 atom stereocenters. The summed E-state index contributed by atoms with van der Waals surface area (Å²) in [5.41, 5.74) is 2.23. The number of amides is 2. The van der Waals surface area contributed by atoms with Gasteiger partial charge in [0.05, 0.1) is 0 Å². The van der Waals surface area contributed by atoms with E-state index in [1.165, 1.54) is 4.90 Å². The maximum atomic E-state index is 12.1. The number of carbonyl (C=O) groups excluding carboxylic acids is 1. The van der Waals surface area contributed by atoms with Gasteiger partial charge in [-0.25, -0.2) is 4.79 Å². The summed E-state index contributed by atoms with van der Waals surface area (Å²) in [5.74, 6) is 0. The molecular weight excluding hydrogens is 283 g/mol. The number of aryl methyl sites for hydroxylation is 1. The first-order chi connectivity index (χ1) is 9.85. The Morgan fingerprint density at radius 3 is 2.48 bits per heavy atom. The third-order valence-corrected chi connectivity index (χ3v) is 3.37.